The second-order valence-corrected chi connectivity index (χ2v) is 6.15. The molecular weight excluding hydrogens is 382 g/mol. The van der Waals surface area contributed by atoms with Crippen LogP contribution in [-0.2, 0) is 11.3 Å². The van der Waals surface area contributed by atoms with E-state index in [-0.39, 0.29) is 29.6 Å². The normalized spacial score (nSPS) is 15.5. The van der Waals surface area contributed by atoms with Gasteiger partial charge in [0, 0.05) is 11.6 Å². The van der Waals surface area contributed by atoms with Gasteiger partial charge in [-0.3, -0.25) is 9.69 Å². The summed E-state index contributed by atoms with van der Waals surface area (Å²) in [5.41, 5.74) is 0.595. The summed E-state index contributed by atoms with van der Waals surface area (Å²) in [6.07, 6.45) is -0.985. The van der Waals surface area contributed by atoms with E-state index in [9.17, 15) is 19.7 Å². The number of hydrogen-bond donors (Lipinski definition) is 1. The minimum absolute atomic E-state index is 0.0374. The summed E-state index contributed by atoms with van der Waals surface area (Å²) in [6, 6.07) is 14.0. The van der Waals surface area contributed by atoms with Gasteiger partial charge in [0.25, 0.3) is 11.7 Å². The number of fused-ring (bicyclic) bond motifs is 1. The van der Waals surface area contributed by atoms with Crippen molar-refractivity contribution in [3.05, 3.63) is 81.8 Å². The molecule has 1 unspecified atom stereocenters. The van der Waals surface area contributed by atoms with Crippen molar-refractivity contribution in [3.8, 4) is 5.75 Å². The lowest BCUT2D eigenvalue weighted by Gasteiger charge is -2.30. The molecule has 0 aliphatic carbocycles. The van der Waals surface area contributed by atoms with Gasteiger partial charge in [0.2, 0.25) is 11.9 Å². The Hall–Kier alpha value is -4.21. The highest BCUT2D eigenvalue weighted by Gasteiger charge is 2.40. The molecule has 0 saturated heterocycles. The number of carbonyl (C=O) groups excluding carboxylic acids is 1. The molecule has 1 aromatic carbocycles. The largest absolute Gasteiger partial charge is 0.475 e. The first kappa shape index (κ1) is 18.2. The third-order valence-electron chi connectivity index (χ3n) is 4.29. The van der Waals surface area contributed by atoms with Crippen LogP contribution in [0.25, 0.3) is 0 Å². The van der Waals surface area contributed by atoms with Crippen LogP contribution in [0.3, 0.4) is 0 Å². The van der Waals surface area contributed by atoms with Gasteiger partial charge in [-0.15, -0.1) is 0 Å². The second-order valence-electron chi connectivity index (χ2n) is 6.15. The van der Waals surface area contributed by atoms with Crippen LogP contribution in [0, 0.1) is 10.1 Å². The number of carbonyl (C=O) groups is 2. The topological polar surface area (TPSA) is 136 Å². The fourth-order valence-corrected chi connectivity index (χ4v) is 2.96. The number of anilines is 1. The predicted molar refractivity (Wildman–Crippen MR) is 97.6 cm³/mol. The molecule has 0 saturated carbocycles. The van der Waals surface area contributed by atoms with Crippen molar-refractivity contribution >= 4 is 23.5 Å². The number of pyridine rings is 1. The number of ether oxygens (including phenoxy) is 1. The SMILES string of the molecule is O=C(O)c1ccc(CN2C(=O)C(c3ccccc3)Oc3ccc([N+](=O)[O-])nc32)o1. The number of amides is 1. The van der Waals surface area contributed by atoms with Gasteiger partial charge in [-0.2, -0.15) is 0 Å². The molecule has 1 aliphatic rings. The van der Waals surface area contributed by atoms with E-state index in [1.165, 1.54) is 29.2 Å². The molecule has 29 heavy (non-hydrogen) atoms. The van der Waals surface area contributed by atoms with E-state index >= 15 is 0 Å². The zero-order valence-electron chi connectivity index (χ0n) is 14.7. The van der Waals surface area contributed by atoms with Gasteiger partial charge in [0.05, 0.1) is 6.54 Å². The first-order chi connectivity index (χ1) is 13.9. The fraction of sp³-hybridized carbons (Fsp3) is 0.105. The Morgan fingerprint density at radius 1 is 1.17 bits per heavy atom. The van der Waals surface area contributed by atoms with Gasteiger partial charge in [-0.05, 0) is 28.1 Å². The molecule has 1 aliphatic heterocycles. The smallest absolute Gasteiger partial charge is 0.371 e. The van der Waals surface area contributed by atoms with Crippen LogP contribution in [-0.4, -0.2) is 26.9 Å². The summed E-state index contributed by atoms with van der Waals surface area (Å²) in [5, 5.41) is 20.1. The maximum atomic E-state index is 13.1. The Kier molecular flexibility index (Phi) is 4.43. The number of benzene rings is 1. The van der Waals surface area contributed by atoms with Crippen molar-refractivity contribution in [2.45, 2.75) is 12.6 Å². The average molecular weight is 395 g/mol. The molecule has 1 N–H and O–H groups in total. The van der Waals surface area contributed by atoms with E-state index in [0.717, 1.165) is 0 Å². The summed E-state index contributed by atoms with van der Waals surface area (Å²) in [5.74, 6) is -2.16. The number of aromatic carboxylic acids is 1. The Bertz CT molecular complexity index is 1110. The number of carboxylic acids is 1. The fourth-order valence-electron chi connectivity index (χ4n) is 2.96. The molecule has 0 bridgehead atoms. The summed E-state index contributed by atoms with van der Waals surface area (Å²) >= 11 is 0. The second kappa shape index (κ2) is 7.08. The predicted octanol–water partition coefficient (Wildman–Crippen LogP) is 2.95. The monoisotopic (exact) mass is 395 g/mol. The van der Waals surface area contributed by atoms with Crippen molar-refractivity contribution < 1.29 is 28.8 Å². The van der Waals surface area contributed by atoms with Crippen LogP contribution in [0.2, 0.25) is 0 Å². The van der Waals surface area contributed by atoms with Crippen LogP contribution < -0.4 is 9.64 Å². The molecule has 10 heteroatoms. The Morgan fingerprint density at radius 2 is 1.93 bits per heavy atom. The lowest BCUT2D eigenvalue weighted by molar-refractivity contribution is -0.389. The van der Waals surface area contributed by atoms with Crippen LogP contribution in [0.15, 0.2) is 59.0 Å². The summed E-state index contributed by atoms with van der Waals surface area (Å²) in [7, 11) is 0. The maximum Gasteiger partial charge on any atom is 0.371 e. The minimum Gasteiger partial charge on any atom is -0.475 e. The van der Waals surface area contributed by atoms with E-state index < -0.39 is 28.7 Å². The molecular formula is C19H13N3O7. The molecule has 1 amide bonds. The molecule has 3 aromatic rings. The molecule has 2 aromatic heterocycles. The van der Waals surface area contributed by atoms with Crippen LogP contribution in [0.1, 0.15) is 28.0 Å². The summed E-state index contributed by atoms with van der Waals surface area (Å²) in [4.78, 5) is 39.7. The summed E-state index contributed by atoms with van der Waals surface area (Å²) in [6.45, 7) is -0.167. The molecule has 0 radical (unpaired) electrons. The number of rotatable bonds is 5. The first-order valence-corrected chi connectivity index (χ1v) is 8.44. The van der Waals surface area contributed by atoms with E-state index in [1.54, 1.807) is 30.3 Å². The average Bonchev–Trinajstić information content (AvgIpc) is 3.19. The minimum atomic E-state index is -1.25. The number of nitrogens with zero attached hydrogens (tertiary/aromatic N) is 3. The molecule has 3 heterocycles. The third kappa shape index (κ3) is 3.38. The van der Waals surface area contributed by atoms with Gasteiger partial charge in [-0.25, -0.2) is 4.79 Å². The number of carboxylic acid groups (broad SMARTS) is 1. The highest BCUT2D eigenvalue weighted by molar-refractivity contribution is 5.99. The molecule has 0 spiro atoms. The highest BCUT2D eigenvalue weighted by atomic mass is 16.6. The van der Waals surface area contributed by atoms with E-state index in [0.29, 0.717) is 5.56 Å². The molecule has 0 fully saturated rings. The highest BCUT2D eigenvalue weighted by Crippen LogP contribution is 2.39. The first-order valence-electron chi connectivity index (χ1n) is 8.44. The van der Waals surface area contributed by atoms with Crippen molar-refractivity contribution in [1.29, 1.82) is 0 Å². The van der Waals surface area contributed by atoms with Crippen molar-refractivity contribution in [2.75, 3.05) is 4.90 Å². The van der Waals surface area contributed by atoms with Gasteiger partial charge in [0.15, 0.2) is 5.75 Å². The van der Waals surface area contributed by atoms with Gasteiger partial charge < -0.3 is 24.4 Å². The molecule has 4 rings (SSSR count). The van der Waals surface area contributed by atoms with Crippen LogP contribution in [0.5, 0.6) is 5.75 Å². The maximum absolute atomic E-state index is 13.1. The summed E-state index contributed by atoms with van der Waals surface area (Å²) < 4.78 is 11.0. The number of nitro groups is 1. The quantitative estimate of drug-likeness (QED) is 0.514. The number of hydrogen-bond acceptors (Lipinski definition) is 7. The van der Waals surface area contributed by atoms with Crippen molar-refractivity contribution in [3.63, 3.8) is 0 Å². The number of aromatic nitrogens is 1. The van der Waals surface area contributed by atoms with Crippen LogP contribution >= 0.6 is 0 Å². The van der Waals surface area contributed by atoms with Crippen molar-refractivity contribution in [1.82, 2.24) is 4.98 Å². The Morgan fingerprint density at radius 3 is 2.59 bits per heavy atom. The standard InChI is InChI=1S/C19H13N3O7/c23-18-16(11-4-2-1-3-5-11)29-13-8-9-15(22(26)27)20-17(13)21(18)10-12-6-7-14(28-12)19(24)25/h1-9,16H,10H2,(H,24,25). The lowest BCUT2D eigenvalue weighted by atomic mass is 10.1. The van der Waals surface area contributed by atoms with E-state index in [1.807, 2.05) is 0 Å². The third-order valence-corrected chi connectivity index (χ3v) is 4.29. The van der Waals surface area contributed by atoms with Crippen LogP contribution in [0.4, 0.5) is 11.6 Å². The lowest BCUT2D eigenvalue weighted by Crippen LogP contribution is -2.41. The molecule has 1 atom stereocenters. The molecule has 10 nitrogen and oxygen atoms in total. The van der Waals surface area contributed by atoms with Gasteiger partial charge >= 0.3 is 11.8 Å². The van der Waals surface area contributed by atoms with Gasteiger partial charge in [0.1, 0.15) is 5.76 Å². The molecule has 146 valence electrons. The number of furan rings is 1. The zero-order valence-corrected chi connectivity index (χ0v) is 14.7. The van der Waals surface area contributed by atoms with E-state index in [2.05, 4.69) is 4.98 Å². The zero-order chi connectivity index (χ0) is 20.5. The van der Waals surface area contributed by atoms with Crippen molar-refractivity contribution in [2.24, 2.45) is 0 Å². The van der Waals surface area contributed by atoms with E-state index in [4.69, 9.17) is 14.3 Å². The Labute approximate surface area is 163 Å². The Balaban J connectivity index is 1.77. The van der Waals surface area contributed by atoms with Gasteiger partial charge in [-0.1, -0.05) is 30.3 Å².